The van der Waals surface area contributed by atoms with E-state index in [4.69, 9.17) is 16.6 Å². The molecule has 0 heterocycles. The fourth-order valence-corrected chi connectivity index (χ4v) is 1.10. The van der Waals surface area contributed by atoms with Gasteiger partial charge in [0.05, 0.1) is 5.69 Å². The number of rotatable bonds is 3. The molecule has 17 heavy (non-hydrogen) atoms. The van der Waals surface area contributed by atoms with Gasteiger partial charge in [-0.05, 0) is 17.7 Å². The summed E-state index contributed by atoms with van der Waals surface area (Å²) in [6.45, 7) is 0. The zero-order valence-corrected chi connectivity index (χ0v) is 8.36. The van der Waals surface area contributed by atoms with Crippen LogP contribution in [0, 0.1) is 0 Å². The van der Waals surface area contributed by atoms with Gasteiger partial charge < -0.3 is 21.3 Å². The largest absolute Gasteiger partial charge is 0.573 e. The first-order valence-electron chi connectivity index (χ1n) is 4.34. The number of nitrogens with two attached hydrogens (primary N) is 2. The van der Waals surface area contributed by atoms with Crippen LogP contribution >= 0.6 is 0 Å². The molecule has 0 saturated carbocycles. The summed E-state index contributed by atoms with van der Waals surface area (Å²) in [5, 5.41) is 8.61. The van der Waals surface area contributed by atoms with Gasteiger partial charge in [0.2, 0.25) is 0 Å². The van der Waals surface area contributed by atoms with E-state index in [1.807, 2.05) is 0 Å². The highest BCUT2D eigenvalue weighted by atomic mass is 19.4. The van der Waals surface area contributed by atoms with Crippen LogP contribution in [0.15, 0.2) is 18.2 Å². The van der Waals surface area contributed by atoms with Gasteiger partial charge in [0.25, 0.3) is 0 Å². The Kier molecular flexibility index (Phi) is 3.47. The number of hydrogen-bond acceptors (Lipinski definition) is 4. The van der Waals surface area contributed by atoms with Gasteiger partial charge in [-0.2, -0.15) is 0 Å². The van der Waals surface area contributed by atoms with Crippen LogP contribution in [0.4, 0.5) is 18.9 Å². The fourth-order valence-electron chi connectivity index (χ4n) is 1.10. The van der Waals surface area contributed by atoms with E-state index in [1.54, 1.807) is 0 Å². The Morgan fingerprint density at radius 3 is 2.47 bits per heavy atom. The minimum atomic E-state index is -4.90. The van der Waals surface area contributed by atoms with Crippen molar-refractivity contribution in [1.29, 1.82) is 0 Å². The summed E-state index contributed by atoms with van der Waals surface area (Å²) in [6.07, 6.45) is -4.90. The van der Waals surface area contributed by atoms with Crippen LogP contribution in [0.2, 0.25) is 0 Å². The summed E-state index contributed by atoms with van der Waals surface area (Å²) in [6, 6.07) is 1.73. The highest BCUT2D eigenvalue weighted by Crippen LogP contribution is 2.30. The lowest BCUT2D eigenvalue weighted by Gasteiger charge is -2.13. The predicted octanol–water partition coefficient (Wildman–Crippen LogP) is 1.25. The summed E-state index contributed by atoms with van der Waals surface area (Å²) in [7, 11) is 0. The van der Waals surface area contributed by atoms with Crippen molar-refractivity contribution < 1.29 is 27.8 Å². The van der Waals surface area contributed by atoms with Crippen molar-refractivity contribution in [3.05, 3.63) is 23.8 Å². The van der Waals surface area contributed by atoms with Crippen LogP contribution in [-0.4, -0.2) is 17.4 Å². The number of aliphatic carboxylic acids is 1. The molecule has 0 unspecified atom stereocenters. The topological polar surface area (TPSA) is 98.6 Å². The van der Waals surface area contributed by atoms with Gasteiger partial charge in [-0.25, -0.2) is 0 Å². The second-order valence-corrected chi connectivity index (χ2v) is 3.16. The van der Waals surface area contributed by atoms with E-state index in [2.05, 4.69) is 4.74 Å². The van der Waals surface area contributed by atoms with Crippen molar-refractivity contribution in [2.24, 2.45) is 5.73 Å². The predicted molar refractivity (Wildman–Crippen MR) is 52.1 cm³/mol. The van der Waals surface area contributed by atoms with Gasteiger partial charge in [-0.15, -0.1) is 13.2 Å². The SMILES string of the molecule is Nc1ccc([C@H](N)C(=O)O)cc1OC(F)(F)F. The maximum Gasteiger partial charge on any atom is 0.573 e. The highest BCUT2D eigenvalue weighted by molar-refractivity contribution is 5.76. The fraction of sp³-hybridized carbons (Fsp3) is 0.222. The van der Waals surface area contributed by atoms with Gasteiger partial charge in [-0.1, -0.05) is 6.07 Å². The highest BCUT2D eigenvalue weighted by Gasteiger charge is 2.32. The Bertz CT molecular complexity index is 434. The number of ether oxygens (including phenoxy) is 1. The molecule has 8 heteroatoms. The molecule has 0 amide bonds. The molecular weight excluding hydrogens is 241 g/mol. The zero-order valence-electron chi connectivity index (χ0n) is 8.36. The molecular formula is C9H9F3N2O3. The molecule has 1 rings (SSSR count). The van der Waals surface area contributed by atoms with E-state index in [1.165, 1.54) is 6.07 Å². The summed E-state index contributed by atoms with van der Waals surface area (Å²) >= 11 is 0. The van der Waals surface area contributed by atoms with Crippen molar-refractivity contribution in [3.63, 3.8) is 0 Å². The third-order valence-corrected chi connectivity index (χ3v) is 1.89. The molecule has 5 N–H and O–H groups in total. The Morgan fingerprint density at radius 1 is 1.41 bits per heavy atom. The van der Waals surface area contributed by atoms with Crippen LogP contribution in [0.25, 0.3) is 0 Å². The van der Waals surface area contributed by atoms with Crippen molar-refractivity contribution in [2.45, 2.75) is 12.4 Å². The van der Waals surface area contributed by atoms with E-state index in [0.29, 0.717) is 0 Å². The van der Waals surface area contributed by atoms with E-state index in [0.717, 1.165) is 12.1 Å². The molecule has 0 aliphatic heterocycles. The zero-order chi connectivity index (χ0) is 13.2. The number of anilines is 1. The summed E-state index contributed by atoms with van der Waals surface area (Å²) in [5.41, 5.74) is 10.2. The van der Waals surface area contributed by atoms with Crippen molar-refractivity contribution in [2.75, 3.05) is 5.73 Å². The van der Waals surface area contributed by atoms with Crippen molar-refractivity contribution >= 4 is 11.7 Å². The lowest BCUT2D eigenvalue weighted by molar-refractivity contribution is -0.274. The molecule has 1 atom stereocenters. The van der Waals surface area contributed by atoms with Crippen LogP contribution in [0.5, 0.6) is 5.75 Å². The minimum Gasteiger partial charge on any atom is -0.480 e. The number of benzene rings is 1. The van der Waals surface area contributed by atoms with E-state index in [9.17, 15) is 18.0 Å². The third-order valence-electron chi connectivity index (χ3n) is 1.89. The molecule has 94 valence electrons. The number of carbonyl (C=O) groups is 1. The van der Waals surface area contributed by atoms with E-state index < -0.39 is 24.1 Å². The lowest BCUT2D eigenvalue weighted by atomic mass is 10.1. The number of alkyl halides is 3. The van der Waals surface area contributed by atoms with Crippen molar-refractivity contribution in [1.82, 2.24) is 0 Å². The molecule has 0 bridgehead atoms. The Balaban J connectivity index is 3.06. The van der Waals surface area contributed by atoms with E-state index in [-0.39, 0.29) is 11.3 Å². The van der Waals surface area contributed by atoms with Gasteiger partial charge in [0.1, 0.15) is 6.04 Å². The second-order valence-electron chi connectivity index (χ2n) is 3.16. The van der Waals surface area contributed by atoms with Crippen LogP contribution in [0.1, 0.15) is 11.6 Å². The standard InChI is InChI=1S/C9H9F3N2O3/c10-9(11,12)17-6-3-4(1-2-5(6)13)7(14)8(15)16/h1-3,7H,13-14H2,(H,15,16)/t7-/m0/s1. The number of carboxylic acid groups (broad SMARTS) is 1. The molecule has 1 aromatic rings. The molecule has 5 nitrogen and oxygen atoms in total. The molecule has 0 fully saturated rings. The summed E-state index contributed by atoms with van der Waals surface area (Å²) in [5.74, 6) is -2.04. The maximum atomic E-state index is 12.0. The third kappa shape index (κ3) is 3.52. The first-order chi connectivity index (χ1) is 7.70. The Labute approximate surface area is 93.8 Å². The Hall–Kier alpha value is -1.96. The smallest absolute Gasteiger partial charge is 0.480 e. The number of nitrogen functional groups attached to an aromatic ring is 1. The van der Waals surface area contributed by atoms with Crippen LogP contribution < -0.4 is 16.2 Å². The maximum absolute atomic E-state index is 12.0. The summed E-state index contributed by atoms with van der Waals surface area (Å²) < 4.78 is 39.6. The van der Waals surface area contributed by atoms with Gasteiger partial charge in [0.15, 0.2) is 5.75 Å². The average molecular weight is 250 g/mol. The first-order valence-corrected chi connectivity index (χ1v) is 4.34. The molecule has 0 saturated heterocycles. The first kappa shape index (κ1) is 13.1. The van der Waals surface area contributed by atoms with Gasteiger partial charge >= 0.3 is 12.3 Å². The number of carboxylic acids is 1. The average Bonchev–Trinajstić information content (AvgIpc) is 2.18. The molecule has 1 aromatic carbocycles. The minimum absolute atomic E-state index is 0.0362. The number of hydrogen-bond donors (Lipinski definition) is 3. The molecule has 0 aliphatic rings. The quantitative estimate of drug-likeness (QED) is 0.701. The molecule has 0 aliphatic carbocycles. The second kappa shape index (κ2) is 4.50. The van der Waals surface area contributed by atoms with Crippen molar-refractivity contribution in [3.8, 4) is 5.75 Å². The van der Waals surface area contributed by atoms with Crippen LogP contribution in [-0.2, 0) is 4.79 Å². The molecule has 0 radical (unpaired) electrons. The van der Waals surface area contributed by atoms with Crippen LogP contribution in [0.3, 0.4) is 0 Å². The molecule has 0 spiro atoms. The van der Waals surface area contributed by atoms with Gasteiger partial charge in [-0.3, -0.25) is 4.79 Å². The normalized spacial score (nSPS) is 13.2. The monoisotopic (exact) mass is 250 g/mol. The van der Waals surface area contributed by atoms with Gasteiger partial charge in [0, 0.05) is 0 Å². The lowest BCUT2D eigenvalue weighted by Crippen LogP contribution is -2.22. The summed E-state index contributed by atoms with van der Waals surface area (Å²) in [4.78, 5) is 10.6. The number of halogens is 3. The molecule has 0 aromatic heterocycles. The van der Waals surface area contributed by atoms with E-state index >= 15 is 0 Å². The Morgan fingerprint density at radius 2 is 2.00 bits per heavy atom.